The monoisotopic (exact) mass is 432 g/mol. The lowest BCUT2D eigenvalue weighted by Gasteiger charge is -2.38. The number of hydrogen-bond donors (Lipinski definition) is 6. The van der Waals surface area contributed by atoms with Gasteiger partial charge in [-0.05, 0) is 31.2 Å². The molecule has 0 spiro atoms. The first-order chi connectivity index (χ1) is 14.7. The average molecular weight is 432 g/mol. The van der Waals surface area contributed by atoms with Gasteiger partial charge in [0.15, 0.2) is 16.9 Å². The average Bonchev–Trinajstić information content (AvgIpc) is 2.74. The van der Waals surface area contributed by atoms with Crippen LogP contribution in [0.3, 0.4) is 0 Å². The fraction of sp³-hybridized carbons (Fsp3) is 0.286. The second-order valence-corrected chi connectivity index (χ2v) is 7.27. The Morgan fingerprint density at radius 3 is 2.26 bits per heavy atom. The van der Waals surface area contributed by atoms with Crippen molar-refractivity contribution < 1.29 is 44.5 Å². The SMILES string of the molecule is C[C@@H]1O[C@@H](Oc2cc3oc(-c4ccc(O)cc4)cc(=O)c3c(O)c2O)[C@H](O)[C@H](O)[C@H]1O. The molecule has 1 aromatic heterocycles. The largest absolute Gasteiger partial charge is 0.508 e. The van der Waals surface area contributed by atoms with E-state index < -0.39 is 47.6 Å². The van der Waals surface area contributed by atoms with Gasteiger partial charge in [-0.25, -0.2) is 0 Å². The van der Waals surface area contributed by atoms with Gasteiger partial charge in [-0.3, -0.25) is 4.79 Å². The van der Waals surface area contributed by atoms with E-state index in [-0.39, 0.29) is 28.2 Å². The standard InChI is InChI=1S/C21H20O10/c1-8-16(24)19(27)20(28)21(29-8)31-14-7-13-15(18(26)17(14)25)11(23)6-12(30-13)9-2-4-10(22)5-3-9/h2-8,16,19-22,24-28H,1H3/t8-,16-,19+,20+,21-/m0/s1. The van der Waals surface area contributed by atoms with E-state index in [1.54, 1.807) is 0 Å². The van der Waals surface area contributed by atoms with Gasteiger partial charge in [0, 0.05) is 17.7 Å². The quantitative estimate of drug-likeness (QED) is 0.325. The summed E-state index contributed by atoms with van der Waals surface area (Å²) in [7, 11) is 0. The summed E-state index contributed by atoms with van der Waals surface area (Å²) >= 11 is 0. The van der Waals surface area contributed by atoms with Crippen LogP contribution in [0.1, 0.15) is 6.92 Å². The zero-order valence-electron chi connectivity index (χ0n) is 16.2. The number of aliphatic hydroxyl groups excluding tert-OH is 3. The molecule has 1 aliphatic heterocycles. The highest BCUT2D eigenvalue weighted by Gasteiger charge is 2.43. The zero-order chi connectivity index (χ0) is 22.4. The lowest BCUT2D eigenvalue weighted by atomic mass is 10.00. The number of benzene rings is 2. The molecule has 3 aromatic rings. The molecule has 0 unspecified atom stereocenters. The van der Waals surface area contributed by atoms with Crippen molar-refractivity contribution in [3.63, 3.8) is 0 Å². The second kappa shape index (κ2) is 7.75. The summed E-state index contributed by atoms with van der Waals surface area (Å²) < 4.78 is 16.5. The van der Waals surface area contributed by atoms with Gasteiger partial charge in [0.25, 0.3) is 0 Å². The Bertz CT molecular complexity index is 1170. The van der Waals surface area contributed by atoms with Crippen LogP contribution >= 0.6 is 0 Å². The van der Waals surface area contributed by atoms with E-state index in [1.165, 1.54) is 31.2 Å². The highest BCUT2D eigenvalue weighted by Crippen LogP contribution is 2.42. The molecular weight excluding hydrogens is 412 g/mol. The lowest BCUT2D eigenvalue weighted by Crippen LogP contribution is -2.58. The molecule has 2 aromatic carbocycles. The van der Waals surface area contributed by atoms with Gasteiger partial charge >= 0.3 is 0 Å². The minimum absolute atomic E-state index is 0.0257. The van der Waals surface area contributed by atoms with Crippen LogP contribution in [0.4, 0.5) is 0 Å². The number of ether oxygens (including phenoxy) is 2. The zero-order valence-corrected chi connectivity index (χ0v) is 16.2. The Morgan fingerprint density at radius 1 is 0.903 bits per heavy atom. The maximum Gasteiger partial charge on any atom is 0.229 e. The molecule has 10 heteroatoms. The summed E-state index contributed by atoms with van der Waals surface area (Å²) in [4.78, 5) is 12.5. The first-order valence-corrected chi connectivity index (χ1v) is 9.36. The molecule has 0 radical (unpaired) electrons. The fourth-order valence-corrected chi connectivity index (χ4v) is 3.36. The van der Waals surface area contributed by atoms with Crippen LogP contribution in [-0.2, 0) is 4.74 Å². The van der Waals surface area contributed by atoms with Gasteiger partial charge in [-0.1, -0.05) is 0 Å². The Hall–Kier alpha value is -3.31. The molecule has 10 nitrogen and oxygen atoms in total. The van der Waals surface area contributed by atoms with Crippen molar-refractivity contribution in [2.45, 2.75) is 37.6 Å². The second-order valence-electron chi connectivity index (χ2n) is 7.27. The molecule has 0 amide bonds. The normalized spacial score (nSPS) is 26.1. The number of fused-ring (bicyclic) bond motifs is 1. The molecule has 0 saturated carbocycles. The molecule has 164 valence electrons. The summed E-state index contributed by atoms with van der Waals surface area (Å²) in [6, 6.07) is 8.13. The maximum absolute atomic E-state index is 12.5. The Morgan fingerprint density at radius 2 is 1.58 bits per heavy atom. The molecule has 5 atom stereocenters. The molecule has 0 bridgehead atoms. The van der Waals surface area contributed by atoms with E-state index in [1.807, 2.05) is 0 Å². The van der Waals surface area contributed by atoms with Crippen molar-refractivity contribution >= 4 is 11.0 Å². The topological polar surface area (TPSA) is 170 Å². The van der Waals surface area contributed by atoms with Crippen LogP contribution in [0.2, 0.25) is 0 Å². The first-order valence-electron chi connectivity index (χ1n) is 9.36. The van der Waals surface area contributed by atoms with E-state index >= 15 is 0 Å². The maximum atomic E-state index is 12.5. The van der Waals surface area contributed by atoms with Gasteiger partial charge in [0.2, 0.25) is 12.0 Å². The third kappa shape index (κ3) is 3.66. The minimum atomic E-state index is -1.65. The molecule has 4 rings (SSSR count). The van der Waals surface area contributed by atoms with Crippen LogP contribution in [0, 0.1) is 0 Å². The highest BCUT2D eigenvalue weighted by molar-refractivity contribution is 5.89. The fourth-order valence-electron chi connectivity index (χ4n) is 3.36. The smallest absolute Gasteiger partial charge is 0.229 e. The van der Waals surface area contributed by atoms with Crippen LogP contribution < -0.4 is 10.2 Å². The van der Waals surface area contributed by atoms with E-state index in [9.17, 15) is 35.4 Å². The highest BCUT2D eigenvalue weighted by atomic mass is 16.7. The summed E-state index contributed by atoms with van der Waals surface area (Å²) in [6.45, 7) is 1.46. The van der Waals surface area contributed by atoms with Crippen molar-refractivity contribution in [2.24, 2.45) is 0 Å². The first kappa shape index (κ1) is 20.9. The number of phenols is 3. The van der Waals surface area contributed by atoms with Crippen molar-refractivity contribution in [2.75, 3.05) is 0 Å². The third-order valence-corrected chi connectivity index (χ3v) is 5.13. The molecule has 31 heavy (non-hydrogen) atoms. The Kier molecular flexibility index (Phi) is 5.23. The minimum Gasteiger partial charge on any atom is -0.508 e. The molecule has 0 aliphatic carbocycles. The predicted molar refractivity (Wildman–Crippen MR) is 106 cm³/mol. The lowest BCUT2D eigenvalue weighted by molar-refractivity contribution is -0.268. The number of aliphatic hydroxyl groups is 3. The Balaban J connectivity index is 1.77. The van der Waals surface area contributed by atoms with E-state index in [0.717, 1.165) is 12.1 Å². The molecule has 1 saturated heterocycles. The van der Waals surface area contributed by atoms with E-state index in [0.29, 0.717) is 5.56 Å². The number of aromatic hydroxyl groups is 3. The van der Waals surface area contributed by atoms with Gasteiger partial charge in [-0.2, -0.15) is 0 Å². The van der Waals surface area contributed by atoms with Gasteiger partial charge in [-0.15, -0.1) is 0 Å². The number of hydrogen-bond acceptors (Lipinski definition) is 10. The molecule has 2 heterocycles. The van der Waals surface area contributed by atoms with Crippen molar-refractivity contribution in [3.8, 4) is 34.3 Å². The summed E-state index contributed by atoms with van der Waals surface area (Å²) in [6.07, 6.45) is -6.94. The van der Waals surface area contributed by atoms with Crippen molar-refractivity contribution in [3.05, 3.63) is 46.6 Å². The van der Waals surface area contributed by atoms with Crippen molar-refractivity contribution in [1.29, 1.82) is 0 Å². The molecular formula is C21H20O10. The van der Waals surface area contributed by atoms with E-state index in [4.69, 9.17) is 13.9 Å². The summed E-state index contributed by atoms with van der Waals surface area (Å²) in [5, 5.41) is 59.6. The number of phenolic OH excluding ortho intramolecular Hbond substituents is 3. The van der Waals surface area contributed by atoms with E-state index in [2.05, 4.69) is 0 Å². The molecule has 1 aliphatic rings. The van der Waals surface area contributed by atoms with Crippen LogP contribution in [0.5, 0.6) is 23.0 Å². The molecule has 6 N–H and O–H groups in total. The predicted octanol–water partition coefficient (Wildman–Crippen LogP) is 0.783. The third-order valence-electron chi connectivity index (χ3n) is 5.13. The van der Waals surface area contributed by atoms with Crippen molar-refractivity contribution in [1.82, 2.24) is 0 Å². The summed E-state index contributed by atoms with van der Waals surface area (Å²) in [5.74, 6) is -1.80. The van der Waals surface area contributed by atoms with Gasteiger partial charge in [0.1, 0.15) is 40.8 Å². The van der Waals surface area contributed by atoms with Gasteiger partial charge < -0.3 is 44.5 Å². The molecule has 1 fully saturated rings. The van der Waals surface area contributed by atoms with Gasteiger partial charge in [0.05, 0.1) is 6.10 Å². The summed E-state index contributed by atoms with van der Waals surface area (Å²) in [5.41, 5.74) is -0.284. The number of rotatable bonds is 3. The Labute approximate surface area is 174 Å². The van der Waals surface area contributed by atoms with Crippen LogP contribution in [0.15, 0.2) is 45.6 Å². The van der Waals surface area contributed by atoms with Crippen LogP contribution in [0.25, 0.3) is 22.3 Å². The van der Waals surface area contributed by atoms with Crippen LogP contribution in [-0.4, -0.2) is 61.3 Å².